The zero-order valence-electron chi connectivity index (χ0n) is 34.6. The molecule has 6 atom stereocenters. The number of aliphatic hydroxyl groups excluding tert-OH is 4. The quantitative estimate of drug-likeness (QED) is 0.0286. The molecule has 9 heteroatoms. The molecule has 1 heterocycles. The van der Waals surface area contributed by atoms with Crippen LogP contribution < -0.4 is 0 Å². The molecule has 0 amide bonds. The minimum Gasteiger partial charge on any atom is -0.457 e. The van der Waals surface area contributed by atoms with Gasteiger partial charge in [-0.2, -0.15) is 0 Å². The van der Waals surface area contributed by atoms with Crippen LogP contribution in [-0.4, -0.2) is 89.6 Å². The number of hydrogen-bond acceptors (Lipinski definition) is 9. The van der Waals surface area contributed by atoms with Gasteiger partial charge in [-0.15, -0.1) is 0 Å². The number of carbonyl (C=O) groups excluding carboxylic acids is 1. The summed E-state index contributed by atoms with van der Waals surface area (Å²) < 4.78 is 22.6. The van der Waals surface area contributed by atoms with Gasteiger partial charge >= 0.3 is 5.97 Å². The number of esters is 1. The van der Waals surface area contributed by atoms with Crippen molar-refractivity contribution in [3.63, 3.8) is 0 Å². The van der Waals surface area contributed by atoms with Crippen LogP contribution in [0.15, 0.2) is 97.2 Å². The number of allylic oxidation sites excluding steroid dienone is 15. The second-order valence-electron chi connectivity index (χ2n) is 14.0. The minimum atomic E-state index is -1.56. The van der Waals surface area contributed by atoms with E-state index in [1.165, 1.54) is 32.1 Å². The maximum atomic E-state index is 12.7. The second kappa shape index (κ2) is 37.7. The predicted molar refractivity (Wildman–Crippen MR) is 228 cm³/mol. The molecule has 0 radical (unpaired) electrons. The van der Waals surface area contributed by atoms with Crippen LogP contribution >= 0.6 is 0 Å². The summed E-state index contributed by atoms with van der Waals surface area (Å²) in [6.45, 7) is 4.16. The van der Waals surface area contributed by atoms with Crippen molar-refractivity contribution in [1.82, 2.24) is 0 Å². The fourth-order valence-corrected chi connectivity index (χ4v) is 5.76. The van der Waals surface area contributed by atoms with Crippen molar-refractivity contribution in [2.45, 2.75) is 166 Å². The number of aliphatic hydroxyl groups is 4. The Bertz CT molecular complexity index is 1170. The third kappa shape index (κ3) is 28.5. The third-order valence-corrected chi connectivity index (χ3v) is 9.03. The molecule has 6 unspecified atom stereocenters. The van der Waals surface area contributed by atoms with Gasteiger partial charge in [-0.1, -0.05) is 150 Å². The lowest BCUT2D eigenvalue weighted by Crippen LogP contribution is -2.59. The zero-order valence-corrected chi connectivity index (χ0v) is 34.6. The van der Waals surface area contributed by atoms with E-state index in [2.05, 4.69) is 98.9 Å². The van der Waals surface area contributed by atoms with Crippen LogP contribution in [0, 0.1) is 0 Å². The Kier molecular flexibility index (Phi) is 34.4. The van der Waals surface area contributed by atoms with Gasteiger partial charge in [-0.05, 0) is 70.6 Å². The summed E-state index contributed by atoms with van der Waals surface area (Å²) >= 11 is 0. The molecule has 0 aliphatic carbocycles. The summed E-state index contributed by atoms with van der Waals surface area (Å²) in [5, 5.41) is 40.0. The molecular weight excluding hydrogens is 709 g/mol. The SMILES string of the molecule is CC/C=C\C/C=C\C/C=C\C/C=C\C/C=C\CC(=O)OC(COCCCCCCCCCC/C=C\C/C=C\C/C=C\CC)COC1OC(CO)C(O)C(O)C1O. The molecular formula is C47H76O9. The molecule has 0 saturated carbocycles. The smallest absolute Gasteiger partial charge is 0.310 e. The van der Waals surface area contributed by atoms with E-state index in [1.807, 2.05) is 6.08 Å². The van der Waals surface area contributed by atoms with Crippen molar-refractivity contribution in [2.75, 3.05) is 26.4 Å². The molecule has 0 aromatic heterocycles. The van der Waals surface area contributed by atoms with Gasteiger partial charge in [0.2, 0.25) is 0 Å². The molecule has 1 saturated heterocycles. The Hall–Kier alpha value is -2.89. The molecule has 0 spiro atoms. The maximum absolute atomic E-state index is 12.7. The Labute approximate surface area is 339 Å². The monoisotopic (exact) mass is 785 g/mol. The molecule has 0 aromatic rings. The summed E-state index contributed by atoms with van der Waals surface area (Å²) in [6, 6.07) is 0. The van der Waals surface area contributed by atoms with Crippen LogP contribution in [0.1, 0.15) is 129 Å². The topological polar surface area (TPSA) is 135 Å². The Morgan fingerprint density at radius 1 is 0.571 bits per heavy atom. The second-order valence-corrected chi connectivity index (χ2v) is 14.0. The van der Waals surface area contributed by atoms with Gasteiger partial charge < -0.3 is 39.4 Å². The van der Waals surface area contributed by atoms with Crippen LogP contribution in [0.4, 0.5) is 0 Å². The average molecular weight is 785 g/mol. The molecule has 0 aromatic carbocycles. The van der Waals surface area contributed by atoms with Gasteiger partial charge in [-0.25, -0.2) is 0 Å². The molecule has 9 nitrogen and oxygen atoms in total. The first-order chi connectivity index (χ1) is 27.4. The highest BCUT2D eigenvalue weighted by atomic mass is 16.7. The fraction of sp³-hybridized carbons (Fsp3) is 0.638. The van der Waals surface area contributed by atoms with Crippen molar-refractivity contribution in [1.29, 1.82) is 0 Å². The van der Waals surface area contributed by atoms with E-state index in [0.29, 0.717) is 13.0 Å². The van der Waals surface area contributed by atoms with E-state index in [1.54, 1.807) is 6.08 Å². The van der Waals surface area contributed by atoms with Gasteiger partial charge in [0.15, 0.2) is 6.29 Å². The number of hydrogen-bond donors (Lipinski definition) is 4. The van der Waals surface area contributed by atoms with Gasteiger partial charge in [-0.3, -0.25) is 4.79 Å². The first-order valence-electron chi connectivity index (χ1n) is 21.3. The van der Waals surface area contributed by atoms with Crippen LogP contribution in [0.25, 0.3) is 0 Å². The molecule has 1 aliphatic rings. The van der Waals surface area contributed by atoms with Gasteiger partial charge in [0.25, 0.3) is 0 Å². The summed E-state index contributed by atoms with van der Waals surface area (Å²) in [6.07, 6.45) is 44.6. The lowest BCUT2D eigenvalue weighted by molar-refractivity contribution is -0.305. The zero-order chi connectivity index (χ0) is 40.7. The van der Waals surface area contributed by atoms with Crippen LogP contribution in [0.3, 0.4) is 0 Å². The van der Waals surface area contributed by atoms with Crippen LogP contribution in [0.2, 0.25) is 0 Å². The van der Waals surface area contributed by atoms with Crippen molar-refractivity contribution < 1.29 is 44.2 Å². The first kappa shape index (κ1) is 51.1. The normalized spacial score (nSPS) is 21.6. The Morgan fingerprint density at radius 3 is 1.55 bits per heavy atom. The lowest BCUT2D eigenvalue weighted by Gasteiger charge is -2.39. The molecule has 4 N–H and O–H groups in total. The van der Waals surface area contributed by atoms with Gasteiger partial charge in [0, 0.05) is 6.61 Å². The molecule has 1 rings (SSSR count). The lowest BCUT2D eigenvalue weighted by atomic mass is 9.99. The highest BCUT2D eigenvalue weighted by Gasteiger charge is 2.44. The van der Waals surface area contributed by atoms with E-state index in [-0.39, 0.29) is 19.6 Å². The van der Waals surface area contributed by atoms with Crippen molar-refractivity contribution in [3.05, 3.63) is 97.2 Å². The number of carbonyl (C=O) groups is 1. The van der Waals surface area contributed by atoms with E-state index in [4.69, 9.17) is 18.9 Å². The highest BCUT2D eigenvalue weighted by Crippen LogP contribution is 2.22. The predicted octanol–water partition coefficient (Wildman–Crippen LogP) is 9.24. The standard InChI is InChI=1S/C47H76O9/c1-3-5-7-9-11-13-15-17-19-20-21-23-25-27-29-31-33-35-37-53-39-41(40-54-47-46(52)45(51)44(50)42(38-48)56-47)55-43(49)36-34-32-30-28-26-24-22-18-16-14-12-10-8-6-4-2/h5-8,11-14,17-19,22,26,28,32,34,41-42,44-48,50-52H,3-4,9-10,15-16,20-21,23-25,27,29-31,33,35-40H2,1-2H3/b7-5-,8-6-,13-11-,14-12-,19-17-,22-18-,28-26-,34-32-. The van der Waals surface area contributed by atoms with E-state index in [9.17, 15) is 25.2 Å². The van der Waals surface area contributed by atoms with Crippen molar-refractivity contribution >= 4 is 5.97 Å². The van der Waals surface area contributed by atoms with Crippen molar-refractivity contribution in [2.24, 2.45) is 0 Å². The fourth-order valence-electron chi connectivity index (χ4n) is 5.76. The van der Waals surface area contributed by atoms with Crippen LogP contribution in [-0.2, 0) is 23.7 Å². The minimum absolute atomic E-state index is 0.0792. The molecule has 1 aliphatic heterocycles. The highest BCUT2D eigenvalue weighted by molar-refractivity contribution is 5.71. The van der Waals surface area contributed by atoms with E-state index in [0.717, 1.165) is 70.6 Å². The Morgan fingerprint density at radius 2 is 1.04 bits per heavy atom. The summed E-state index contributed by atoms with van der Waals surface area (Å²) in [7, 11) is 0. The Balaban J connectivity index is 2.35. The number of ether oxygens (including phenoxy) is 4. The summed E-state index contributed by atoms with van der Waals surface area (Å²) in [5.41, 5.74) is 0. The molecule has 318 valence electrons. The number of unbranched alkanes of at least 4 members (excludes halogenated alkanes) is 8. The van der Waals surface area contributed by atoms with Gasteiger partial charge in [0.1, 0.15) is 30.5 Å². The van der Waals surface area contributed by atoms with E-state index >= 15 is 0 Å². The summed E-state index contributed by atoms with van der Waals surface area (Å²) in [4.78, 5) is 12.7. The molecule has 0 bridgehead atoms. The molecule has 1 fully saturated rings. The van der Waals surface area contributed by atoms with E-state index < -0.39 is 49.4 Å². The summed E-state index contributed by atoms with van der Waals surface area (Å²) in [5.74, 6) is -0.448. The number of rotatable bonds is 34. The van der Waals surface area contributed by atoms with Crippen LogP contribution in [0.5, 0.6) is 0 Å². The van der Waals surface area contributed by atoms with Crippen molar-refractivity contribution in [3.8, 4) is 0 Å². The van der Waals surface area contributed by atoms with Gasteiger partial charge in [0.05, 0.1) is 26.2 Å². The maximum Gasteiger partial charge on any atom is 0.310 e. The first-order valence-corrected chi connectivity index (χ1v) is 21.3. The molecule has 56 heavy (non-hydrogen) atoms. The average Bonchev–Trinajstić information content (AvgIpc) is 3.20. The largest absolute Gasteiger partial charge is 0.457 e. The third-order valence-electron chi connectivity index (χ3n) is 9.03.